The molecule has 1 fully saturated rings. The van der Waals surface area contributed by atoms with Crippen LogP contribution < -0.4 is 14.4 Å². The second kappa shape index (κ2) is 8.04. The molecular weight excluding hydrogens is 402 g/mol. The fourth-order valence-corrected chi connectivity index (χ4v) is 4.38. The van der Waals surface area contributed by atoms with Crippen molar-refractivity contribution in [2.75, 3.05) is 19.1 Å². The zero-order chi connectivity index (χ0) is 21.3. The molecule has 2 heterocycles. The minimum Gasteiger partial charge on any atom is -0.507 e. The van der Waals surface area contributed by atoms with E-state index >= 15 is 0 Å². The highest BCUT2D eigenvalue weighted by Crippen LogP contribution is 2.46. The van der Waals surface area contributed by atoms with E-state index in [9.17, 15) is 14.7 Å². The molecule has 1 unspecified atom stereocenters. The molecule has 0 spiro atoms. The van der Waals surface area contributed by atoms with Gasteiger partial charge in [-0.15, -0.1) is 11.3 Å². The molecule has 0 saturated carbocycles. The van der Waals surface area contributed by atoms with Crippen molar-refractivity contribution in [1.29, 1.82) is 0 Å². The average molecular weight is 421 g/mol. The summed E-state index contributed by atoms with van der Waals surface area (Å²) in [5.74, 6) is -0.724. The molecule has 1 saturated heterocycles. The molecule has 0 aliphatic carbocycles. The second-order valence-corrected chi connectivity index (χ2v) is 7.57. The maximum Gasteiger partial charge on any atom is 0.300 e. The summed E-state index contributed by atoms with van der Waals surface area (Å²) in [4.78, 5) is 28.3. The van der Waals surface area contributed by atoms with Crippen LogP contribution in [0.2, 0.25) is 0 Å². The summed E-state index contributed by atoms with van der Waals surface area (Å²) >= 11 is 1.40. The number of aliphatic hydroxyl groups is 1. The summed E-state index contributed by atoms with van der Waals surface area (Å²) in [7, 11) is 3.03. The Labute approximate surface area is 177 Å². The van der Waals surface area contributed by atoms with Crippen LogP contribution >= 0.6 is 11.3 Å². The van der Waals surface area contributed by atoms with E-state index < -0.39 is 17.7 Å². The van der Waals surface area contributed by atoms with Crippen molar-refractivity contribution in [3.05, 3.63) is 82.1 Å². The van der Waals surface area contributed by atoms with Crippen LogP contribution in [0.3, 0.4) is 0 Å². The van der Waals surface area contributed by atoms with Crippen LogP contribution in [0.5, 0.6) is 11.5 Å². The Hall–Kier alpha value is -3.58. The van der Waals surface area contributed by atoms with Gasteiger partial charge in [0.1, 0.15) is 23.3 Å². The Bertz CT molecular complexity index is 1140. The van der Waals surface area contributed by atoms with E-state index in [1.165, 1.54) is 30.5 Å². The molecule has 2 aromatic carbocycles. The fraction of sp³-hybridized carbons (Fsp3) is 0.130. The molecule has 1 aliphatic heterocycles. The number of thiophene rings is 1. The van der Waals surface area contributed by atoms with Crippen LogP contribution in [0.15, 0.2) is 71.6 Å². The summed E-state index contributed by atoms with van der Waals surface area (Å²) in [6.07, 6.45) is 0. The van der Waals surface area contributed by atoms with Crippen molar-refractivity contribution >= 4 is 34.5 Å². The summed E-state index contributed by atoms with van der Waals surface area (Å²) in [5, 5.41) is 13.0. The van der Waals surface area contributed by atoms with E-state index in [0.29, 0.717) is 22.7 Å². The average Bonchev–Trinajstić information content (AvgIpc) is 3.40. The van der Waals surface area contributed by atoms with Gasteiger partial charge in [0, 0.05) is 10.4 Å². The number of hydrogen-bond donors (Lipinski definition) is 1. The first-order valence-electron chi connectivity index (χ1n) is 9.18. The Morgan fingerprint density at radius 1 is 1.00 bits per heavy atom. The van der Waals surface area contributed by atoms with Crippen LogP contribution in [-0.2, 0) is 9.59 Å². The zero-order valence-corrected chi connectivity index (χ0v) is 17.2. The van der Waals surface area contributed by atoms with Crippen LogP contribution in [0.4, 0.5) is 5.69 Å². The predicted octanol–water partition coefficient (Wildman–Crippen LogP) is 4.39. The summed E-state index contributed by atoms with van der Waals surface area (Å²) in [6, 6.07) is 16.6. The standard InChI is InChI=1S/C23H19NO5S/c1-28-15-8-5-7-14(13-15)21(25)19-20(18-11-6-12-30-18)24(23(27)22(19)26)16-9-3-4-10-17(16)29-2/h3-13,20,25H,1-2H3/b21-19-. The molecule has 1 atom stereocenters. The molecule has 1 N–H and O–H groups in total. The van der Waals surface area contributed by atoms with Gasteiger partial charge >= 0.3 is 0 Å². The van der Waals surface area contributed by atoms with Gasteiger partial charge in [-0.2, -0.15) is 0 Å². The molecule has 0 radical (unpaired) electrons. The number of benzene rings is 2. The Morgan fingerprint density at radius 2 is 1.80 bits per heavy atom. The summed E-state index contributed by atoms with van der Waals surface area (Å²) < 4.78 is 10.6. The fourth-order valence-electron chi connectivity index (χ4n) is 3.55. The summed E-state index contributed by atoms with van der Waals surface area (Å²) in [5.41, 5.74) is 0.890. The van der Waals surface area contributed by atoms with Crippen LogP contribution in [0.1, 0.15) is 16.5 Å². The number of carbonyl (C=O) groups excluding carboxylic acids is 2. The molecule has 4 rings (SSSR count). The third-order valence-corrected chi connectivity index (χ3v) is 5.87. The highest BCUT2D eigenvalue weighted by atomic mass is 32.1. The predicted molar refractivity (Wildman–Crippen MR) is 115 cm³/mol. The van der Waals surface area contributed by atoms with E-state index in [4.69, 9.17) is 9.47 Å². The number of para-hydroxylation sites is 2. The van der Waals surface area contributed by atoms with Gasteiger partial charge in [0.2, 0.25) is 0 Å². The topological polar surface area (TPSA) is 76.1 Å². The van der Waals surface area contributed by atoms with Gasteiger partial charge in [-0.05, 0) is 35.7 Å². The van der Waals surface area contributed by atoms with Crippen molar-refractivity contribution in [2.45, 2.75) is 6.04 Å². The molecule has 3 aromatic rings. The van der Waals surface area contributed by atoms with Crippen LogP contribution in [0.25, 0.3) is 5.76 Å². The molecule has 0 bridgehead atoms. The highest BCUT2D eigenvalue weighted by Gasteiger charge is 2.48. The molecular formula is C23H19NO5S. The minimum atomic E-state index is -0.771. The van der Waals surface area contributed by atoms with E-state index in [1.807, 2.05) is 17.5 Å². The van der Waals surface area contributed by atoms with Crippen molar-refractivity contribution in [2.24, 2.45) is 0 Å². The number of carbonyl (C=O) groups is 2. The monoisotopic (exact) mass is 421 g/mol. The molecule has 1 aliphatic rings. The number of methoxy groups -OCH3 is 2. The van der Waals surface area contributed by atoms with Gasteiger partial charge in [0.25, 0.3) is 11.7 Å². The van der Waals surface area contributed by atoms with E-state index in [2.05, 4.69) is 0 Å². The molecule has 1 amide bonds. The number of ketones is 1. The molecule has 30 heavy (non-hydrogen) atoms. The number of hydrogen-bond acceptors (Lipinski definition) is 6. The maximum atomic E-state index is 13.1. The Morgan fingerprint density at radius 3 is 2.50 bits per heavy atom. The first kappa shape index (κ1) is 19.7. The molecule has 152 valence electrons. The molecule has 7 heteroatoms. The molecule has 6 nitrogen and oxygen atoms in total. The van der Waals surface area contributed by atoms with Crippen LogP contribution in [-0.4, -0.2) is 31.0 Å². The normalized spacial score (nSPS) is 17.9. The number of ether oxygens (including phenoxy) is 2. The first-order valence-corrected chi connectivity index (χ1v) is 10.1. The Kier molecular flexibility index (Phi) is 5.29. The lowest BCUT2D eigenvalue weighted by molar-refractivity contribution is -0.132. The number of anilines is 1. The minimum absolute atomic E-state index is 0.0293. The number of amides is 1. The number of aliphatic hydroxyl groups excluding tert-OH is 1. The van der Waals surface area contributed by atoms with Gasteiger partial charge in [-0.25, -0.2) is 0 Å². The van der Waals surface area contributed by atoms with E-state index in [1.54, 1.807) is 48.5 Å². The van der Waals surface area contributed by atoms with Gasteiger partial charge in [-0.3, -0.25) is 14.5 Å². The van der Waals surface area contributed by atoms with Gasteiger partial charge in [-0.1, -0.05) is 30.3 Å². The largest absolute Gasteiger partial charge is 0.507 e. The molecule has 1 aromatic heterocycles. The van der Waals surface area contributed by atoms with Crippen LogP contribution in [0, 0.1) is 0 Å². The lowest BCUT2D eigenvalue weighted by Crippen LogP contribution is -2.29. The lowest BCUT2D eigenvalue weighted by atomic mass is 9.99. The quantitative estimate of drug-likeness (QED) is 0.376. The van der Waals surface area contributed by atoms with E-state index in [-0.39, 0.29) is 11.3 Å². The van der Waals surface area contributed by atoms with Gasteiger partial charge in [0.05, 0.1) is 25.5 Å². The smallest absolute Gasteiger partial charge is 0.300 e. The zero-order valence-electron chi connectivity index (χ0n) is 16.4. The van der Waals surface area contributed by atoms with Crippen molar-refractivity contribution in [3.8, 4) is 11.5 Å². The number of nitrogens with zero attached hydrogens (tertiary/aromatic N) is 1. The van der Waals surface area contributed by atoms with Crippen molar-refractivity contribution in [1.82, 2.24) is 0 Å². The highest BCUT2D eigenvalue weighted by molar-refractivity contribution is 7.10. The third kappa shape index (κ3) is 3.23. The van der Waals surface area contributed by atoms with Crippen molar-refractivity contribution < 1.29 is 24.2 Å². The van der Waals surface area contributed by atoms with E-state index in [0.717, 1.165) is 4.88 Å². The SMILES string of the molecule is COc1cccc(/C(O)=C2/C(=O)C(=O)N(c3ccccc3OC)C2c2cccs2)c1. The number of rotatable bonds is 5. The number of Topliss-reactive ketones (excluding diaryl/α,β-unsaturated/α-hetero) is 1. The maximum absolute atomic E-state index is 13.1. The lowest BCUT2D eigenvalue weighted by Gasteiger charge is -2.25. The summed E-state index contributed by atoms with van der Waals surface area (Å²) in [6.45, 7) is 0. The van der Waals surface area contributed by atoms with Gasteiger partial charge < -0.3 is 14.6 Å². The second-order valence-electron chi connectivity index (χ2n) is 6.59. The van der Waals surface area contributed by atoms with Crippen molar-refractivity contribution in [3.63, 3.8) is 0 Å². The third-order valence-electron chi connectivity index (χ3n) is 4.94. The first-order chi connectivity index (χ1) is 14.6. The Balaban J connectivity index is 1.94. The van der Waals surface area contributed by atoms with Gasteiger partial charge in [0.15, 0.2) is 0 Å².